The van der Waals surface area contributed by atoms with Crippen LogP contribution in [0.2, 0.25) is 0 Å². The molecule has 1 aromatic carbocycles. The van der Waals surface area contributed by atoms with Crippen molar-refractivity contribution in [3.63, 3.8) is 0 Å². The van der Waals surface area contributed by atoms with Crippen LogP contribution in [0.25, 0.3) is 0 Å². The summed E-state index contributed by atoms with van der Waals surface area (Å²) in [5.41, 5.74) is 2.22. The summed E-state index contributed by atoms with van der Waals surface area (Å²) in [4.78, 5) is 0. The largest absolute Gasteiger partial charge is 0.388 e. The van der Waals surface area contributed by atoms with Gasteiger partial charge in [0.2, 0.25) is 0 Å². The summed E-state index contributed by atoms with van der Waals surface area (Å²) in [5.74, 6) is 0.361. The Morgan fingerprint density at radius 3 is 2.33 bits per heavy atom. The number of hydrogen-bond donors (Lipinski definition) is 1. The van der Waals surface area contributed by atoms with Gasteiger partial charge in [0.1, 0.15) is 0 Å². The van der Waals surface area contributed by atoms with Crippen molar-refractivity contribution in [2.75, 3.05) is 0 Å². The van der Waals surface area contributed by atoms with E-state index in [2.05, 4.69) is 36.7 Å². The molecule has 0 amide bonds. The zero-order valence-electron chi connectivity index (χ0n) is 9.63. The van der Waals surface area contributed by atoms with Crippen LogP contribution >= 0.6 is 15.9 Å². The lowest BCUT2D eigenvalue weighted by Gasteiger charge is -2.20. The van der Waals surface area contributed by atoms with E-state index in [0.717, 1.165) is 22.9 Å². The predicted molar refractivity (Wildman–Crippen MR) is 67.9 cm³/mol. The Hall–Kier alpha value is -0.340. The molecule has 2 heteroatoms. The van der Waals surface area contributed by atoms with E-state index in [1.54, 1.807) is 0 Å². The highest BCUT2D eigenvalue weighted by molar-refractivity contribution is 9.10. The van der Waals surface area contributed by atoms with Crippen molar-refractivity contribution in [1.29, 1.82) is 0 Å². The van der Waals surface area contributed by atoms with Crippen LogP contribution in [-0.4, -0.2) is 5.11 Å². The standard InChI is InChI=1S/C13H19BrO/c1-4-10(5-2)13(15)11-7-6-9(3)12(14)8-11/h6-8,10,13,15H,4-5H2,1-3H3. The third-order valence-electron chi connectivity index (χ3n) is 3.03. The van der Waals surface area contributed by atoms with E-state index in [-0.39, 0.29) is 6.10 Å². The molecule has 1 N–H and O–H groups in total. The minimum absolute atomic E-state index is 0.336. The molecule has 0 aliphatic heterocycles. The summed E-state index contributed by atoms with van der Waals surface area (Å²) in [7, 11) is 0. The molecule has 1 rings (SSSR count). The third-order valence-corrected chi connectivity index (χ3v) is 3.89. The second-order valence-corrected chi connectivity index (χ2v) is 4.88. The Bertz CT molecular complexity index is 318. The van der Waals surface area contributed by atoms with Gasteiger partial charge >= 0.3 is 0 Å². The summed E-state index contributed by atoms with van der Waals surface area (Å²) >= 11 is 3.50. The highest BCUT2D eigenvalue weighted by Crippen LogP contribution is 2.29. The molecule has 0 aliphatic rings. The molecule has 0 aromatic heterocycles. The molecular weight excluding hydrogens is 252 g/mol. The molecule has 0 fully saturated rings. The van der Waals surface area contributed by atoms with Crippen molar-refractivity contribution in [2.24, 2.45) is 5.92 Å². The van der Waals surface area contributed by atoms with Crippen molar-refractivity contribution in [3.8, 4) is 0 Å². The van der Waals surface area contributed by atoms with Crippen LogP contribution in [0.1, 0.15) is 43.9 Å². The van der Waals surface area contributed by atoms with Gasteiger partial charge in [0.15, 0.2) is 0 Å². The average molecular weight is 271 g/mol. The molecule has 1 atom stereocenters. The summed E-state index contributed by atoms with van der Waals surface area (Å²) < 4.78 is 1.07. The lowest BCUT2D eigenvalue weighted by molar-refractivity contribution is 0.103. The van der Waals surface area contributed by atoms with Crippen molar-refractivity contribution < 1.29 is 5.11 Å². The first-order valence-electron chi connectivity index (χ1n) is 5.54. The van der Waals surface area contributed by atoms with Crippen LogP contribution in [0.3, 0.4) is 0 Å². The minimum atomic E-state index is -0.336. The van der Waals surface area contributed by atoms with E-state index in [1.165, 1.54) is 5.56 Å². The van der Waals surface area contributed by atoms with Gasteiger partial charge in [-0.2, -0.15) is 0 Å². The molecule has 0 heterocycles. The summed E-state index contributed by atoms with van der Waals surface area (Å²) in [6, 6.07) is 6.09. The maximum Gasteiger partial charge on any atom is 0.0818 e. The smallest absolute Gasteiger partial charge is 0.0818 e. The SMILES string of the molecule is CCC(CC)C(O)c1ccc(C)c(Br)c1. The van der Waals surface area contributed by atoms with Crippen molar-refractivity contribution in [2.45, 2.75) is 39.7 Å². The molecule has 84 valence electrons. The van der Waals surface area contributed by atoms with Crippen molar-refractivity contribution >= 4 is 15.9 Å². The quantitative estimate of drug-likeness (QED) is 0.869. The Balaban J connectivity index is 2.90. The van der Waals surface area contributed by atoms with Crippen molar-refractivity contribution in [1.82, 2.24) is 0 Å². The zero-order chi connectivity index (χ0) is 11.4. The second-order valence-electron chi connectivity index (χ2n) is 4.03. The molecule has 0 spiro atoms. The average Bonchev–Trinajstić information content (AvgIpc) is 2.23. The third kappa shape index (κ3) is 3.05. The second kappa shape index (κ2) is 5.66. The first-order valence-corrected chi connectivity index (χ1v) is 6.33. The number of hydrogen-bond acceptors (Lipinski definition) is 1. The first kappa shape index (κ1) is 12.7. The van der Waals surface area contributed by atoms with Gasteiger partial charge in [0.05, 0.1) is 6.10 Å². The fraction of sp³-hybridized carbons (Fsp3) is 0.538. The van der Waals surface area contributed by atoms with Crippen LogP contribution in [0.15, 0.2) is 22.7 Å². The number of aliphatic hydroxyl groups excluding tert-OH is 1. The Labute approximate surface area is 101 Å². The topological polar surface area (TPSA) is 20.2 Å². The van der Waals surface area contributed by atoms with E-state index < -0.39 is 0 Å². The van der Waals surface area contributed by atoms with Gasteiger partial charge in [-0.15, -0.1) is 0 Å². The Morgan fingerprint density at radius 2 is 1.87 bits per heavy atom. The lowest BCUT2D eigenvalue weighted by Crippen LogP contribution is -2.10. The molecule has 1 aromatic rings. The van der Waals surface area contributed by atoms with Gasteiger partial charge in [0.25, 0.3) is 0 Å². The van der Waals surface area contributed by atoms with E-state index >= 15 is 0 Å². The molecule has 0 aliphatic carbocycles. The van der Waals surface area contributed by atoms with E-state index in [1.807, 2.05) is 18.2 Å². The van der Waals surface area contributed by atoms with E-state index in [0.29, 0.717) is 5.92 Å². The summed E-state index contributed by atoms with van der Waals surface area (Å²) in [6.07, 6.45) is 1.70. The maximum absolute atomic E-state index is 10.2. The molecule has 0 saturated heterocycles. The molecule has 0 bridgehead atoms. The van der Waals surface area contributed by atoms with Gasteiger partial charge in [-0.3, -0.25) is 0 Å². The highest BCUT2D eigenvalue weighted by Gasteiger charge is 2.17. The molecule has 0 saturated carbocycles. The van der Waals surface area contributed by atoms with Crippen LogP contribution in [0.5, 0.6) is 0 Å². The van der Waals surface area contributed by atoms with Gasteiger partial charge in [-0.05, 0) is 30.0 Å². The lowest BCUT2D eigenvalue weighted by atomic mass is 9.91. The van der Waals surface area contributed by atoms with E-state index in [4.69, 9.17) is 0 Å². The van der Waals surface area contributed by atoms with E-state index in [9.17, 15) is 5.11 Å². The monoisotopic (exact) mass is 270 g/mol. The fourth-order valence-electron chi connectivity index (χ4n) is 1.80. The number of benzene rings is 1. The van der Waals surface area contributed by atoms with Gasteiger partial charge in [-0.1, -0.05) is 54.8 Å². The van der Waals surface area contributed by atoms with Crippen LogP contribution in [0, 0.1) is 12.8 Å². The molecule has 1 unspecified atom stereocenters. The van der Waals surface area contributed by atoms with Gasteiger partial charge < -0.3 is 5.11 Å². The maximum atomic E-state index is 10.2. The normalized spacial score (nSPS) is 13.2. The van der Waals surface area contributed by atoms with Gasteiger partial charge in [0, 0.05) is 4.47 Å². The zero-order valence-corrected chi connectivity index (χ0v) is 11.2. The summed E-state index contributed by atoms with van der Waals surface area (Å²) in [5, 5.41) is 10.2. The van der Waals surface area contributed by atoms with Crippen LogP contribution in [-0.2, 0) is 0 Å². The van der Waals surface area contributed by atoms with Crippen LogP contribution in [0.4, 0.5) is 0 Å². The molecule has 0 radical (unpaired) electrons. The number of rotatable bonds is 4. The predicted octanol–water partition coefficient (Wildman–Crippen LogP) is 4.23. The minimum Gasteiger partial charge on any atom is -0.388 e. The first-order chi connectivity index (χ1) is 7.10. The Kier molecular flexibility index (Phi) is 4.81. The molecule has 1 nitrogen and oxygen atoms in total. The Morgan fingerprint density at radius 1 is 1.27 bits per heavy atom. The molecule has 15 heavy (non-hydrogen) atoms. The number of aryl methyl sites for hydroxylation is 1. The van der Waals surface area contributed by atoms with Crippen LogP contribution < -0.4 is 0 Å². The van der Waals surface area contributed by atoms with Crippen molar-refractivity contribution in [3.05, 3.63) is 33.8 Å². The summed E-state index contributed by atoms with van der Waals surface area (Å²) in [6.45, 7) is 6.30. The van der Waals surface area contributed by atoms with Gasteiger partial charge in [-0.25, -0.2) is 0 Å². The number of halogens is 1. The number of aliphatic hydroxyl groups is 1. The fourth-order valence-corrected chi connectivity index (χ4v) is 2.20. The highest BCUT2D eigenvalue weighted by atomic mass is 79.9. The molecular formula is C13H19BrO.